The number of hydrogen-bond donors (Lipinski definition) is 1. The largest absolute Gasteiger partial charge is 0.495 e. The van der Waals surface area contributed by atoms with Gasteiger partial charge in [0.05, 0.1) is 12.1 Å². The molecular formula is C12H10ClNO2. The van der Waals surface area contributed by atoms with E-state index in [0.29, 0.717) is 10.8 Å². The van der Waals surface area contributed by atoms with Crippen LogP contribution in [0.4, 0.5) is 0 Å². The molecule has 0 atom stereocenters. The molecule has 0 fully saturated rings. The van der Waals surface area contributed by atoms with Gasteiger partial charge in [-0.2, -0.15) is 0 Å². The second-order valence-electron chi connectivity index (χ2n) is 3.29. The minimum atomic E-state index is -0.0392. The summed E-state index contributed by atoms with van der Waals surface area (Å²) in [6.45, 7) is 0. The summed E-state index contributed by atoms with van der Waals surface area (Å²) in [6, 6.07) is 8.35. The fourth-order valence-electron chi connectivity index (χ4n) is 1.44. The highest BCUT2D eigenvalue weighted by atomic mass is 35.5. The maximum absolute atomic E-state index is 11.2. The van der Waals surface area contributed by atoms with Gasteiger partial charge in [0.25, 0.3) is 0 Å². The Labute approximate surface area is 97.7 Å². The lowest BCUT2D eigenvalue weighted by Crippen LogP contribution is -1.98. The normalized spacial score (nSPS) is 10.1. The maximum atomic E-state index is 11.2. The van der Waals surface area contributed by atoms with Crippen molar-refractivity contribution >= 4 is 11.6 Å². The molecule has 0 saturated heterocycles. The number of nitrogens with one attached hydrogen (secondary N) is 1. The van der Waals surface area contributed by atoms with Gasteiger partial charge in [-0.3, -0.25) is 4.79 Å². The number of ether oxygens (including phenoxy) is 1. The molecule has 0 spiro atoms. The van der Waals surface area contributed by atoms with Gasteiger partial charge in [0.2, 0.25) is 0 Å². The molecule has 0 aliphatic carbocycles. The summed E-state index contributed by atoms with van der Waals surface area (Å²) >= 11 is 5.92. The molecule has 1 aromatic carbocycles. The third-order valence-electron chi connectivity index (χ3n) is 2.24. The van der Waals surface area contributed by atoms with E-state index >= 15 is 0 Å². The SMILES string of the molecule is COc1cc(-c2cc(=O)cc[nH]2)ccc1Cl. The van der Waals surface area contributed by atoms with Crippen LogP contribution < -0.4 is 10.2 Å². The molecule has 0 amide bonds. The lowest BCUT2D eigenvalue weighted by atomic mass is 10.1. The molecular weight excluding hydrogens is 226 g/mol. The summed E-state index contributed by atoms with van der Waals surface area (Å²) in [6.07, 6.45) is 1.61. The summed E-state index contributed by atoms with van der Waals surface area (Å²) in [5.74, 6) is 0.587. The van der Waals surface area contributed by atoms with E-state index in [4.69, 9.17) is 16.3 Å². The van der Waals surface area contributed by atoms with Crippen LogP contribution in [-0.2, 0) is 0 Å². The molecule has 0 bridgehead atoms. The molecule has 82 valence electrons. The smallest absolute Gasteiger partial charge is 0.182 e. The van der Waals surface area contributed by atoms with Gasteiger partial charge in [0, 0.05) is 29.6 Å². The average Bonchev–Trinajstić information content (AvgIpc) is 2.29. The Hall–Kier alpha value is -1.74. The van der Waals surface area contributed by atoms with Crippen LogP contribution in [0.15, 0.2) is 41.3 Å². The summed E-state index contributed by atoms with van der Waals surface area (Å²) < 4.78 is 5.11. The van der Waals surface area contributed by atoms with Crippen LogP contribution in [0.25, 0.3) is 11.3 Å². The number of methoxy groups -OCH3 is 1. The quantitative estimate of drug-likeness (QED) is 0.870. The summed E-state index contributed by atoms with van der Waals surface area (Å²) in [4.78, 5) is 14.2. The standard InChI is InChI=1S/C12H10ClNO2/c1-16-12-6-8(2-3-10(12)13)11-7-9(15)4-5-14-11/h2-7H,1H3,(H,14,15). The molecule has 3 nitrogen and oxygen atoms in total. The predicted molar refractivity (Wildman–Crippen MR) is 64.1 cm³/mol. The molecule has 0 radical (unpaired) electrons. The van der Waals surface area contributed by atoms with E-state index in [1.807, 2.05) is 6.07 Å². The fraction of sp³-hybridized carbons (Fsp3) is 0.0833. The monoisotopic (exact) mass is 235 g/mol. The third-order valence-corrected chi connectivity index (χ3v) is 2.55. The van der Waals surface area contributed by atoms with Gasteiger partial charge in [0.15, 0.2) is 5.43 Å². The first-order chi connectivity index (χ1) is 7.70. The Kier molecular flexibility index (Phi) is 2.97. The molecule has 0 aliphatic heterocycles. The number of H-pyrrole nitrogens is 1. The minimum Gasteiger partial charge on any atom is -0.495 e. The number of rotatable bonds is 2. The van der Waals surface area contributed by atoms with Gasteiger partial charge in [0.1, 0.15) is 5.75 Å². The van der Waals surface area contributed by atoms with Crippen molar-refractivity contribution in [3.63, 3.8) is 0 Å². The summed E-state index contributed by atoms with van der Waals surface area (Å²) in [5.41, 5.74) is 1.56. The van der Waals surface area contributed by atoms with Crippen molar-refractivity contribution in [1.29, 1.82) is 0 Å². The highest BCUT2D eigenvalue weighted by Crippen LogP contribution is 2.28. The van der Waals surface area contributed by atoms with E-state index in [2.05, 4.69) is 4.98 Å². The van der Waals surface area contributed by atoms with Crippen LogP contribution in [0.5, 0.6) is 5.75 Å². The van der Waals surface area contributed by atoms with Crippen LogP contribution in [0.2, 0.25) is 5.02 Å². The second-order valence-corrected chi connectivity index (χ2v) is 3.69. The molecule has 2 rings (SSSR count). The molecule has 1 N–H and O–H groups in total. The van der Waals surface area contributed by atoms with Crippen LogP contribution in [-0.4, -0.2) is 12.1 Å². The van der Waals surface area contributed by atoms with Crippen molar-refractivity contribution in [2.24, 2.45) is 0 Å². The number of hydrogen-bond acceptors (Lipinski definition) is 2. The molecule has 1 heterocycles. The van der Waals surface area contributed by atoms with Crippen molar-refractivity contribution in [2.45, 2.75) is 0 Å². The molecule has 0 unspecified atom stereocenters. The first-order valence-corrected chi connectivity index (χ1v) is 5.11. The van der Waals surface area contributed by atoms with E-state index in [0.717, 1.165) is 11.3 Å². The maximum Gasteiger partial charge on any atom is 0.182 e. The highest BCUT2D eigenvalue weighted by Gasteiger charge is 2.04. The summed E-state index contributed by atoms with van der Waals surface area (Å²) in [7, 11) is 1.55. The fourth-order valence-corrected chi connectivity index (χ4v) is 1.63. The molecule has 0 aliphatic rings. The van der Waals surface area contributed by atoms with E-state index in [1.165, 1.54) is 12.1 Å². The number of halogens is 1. The molecule has 4 heteroatoms. The summed E-state index contributed by atoms with van der Waals surface area (Å²) in [5, 5.41) is 0.546. The number of benzene rings is 1. The van der Waals surface area contributed by atoms with Crippen molar-refractivity contribution in [3.05, 3.63) is 51.8 Å². The lowest BCUT2D eigenvalue weighted by Gasteiger charge is -2.06. The molecule has 2 aromatic rings. The lowest BCUT2D eigenvalue weighted by molar-refractivity contribution is 0.415. The van der Waals surface area contributed by atoms with Crippen molar-refractivity contribution in [2.75, 3.05) is 7.11 Å². The Morgan fingerprint density at radius 2 is 2.06 bits per heavy atom. The average molecular weight is 236 g/mol. The number of aromatic amines is 1. The van der Waals surface area contributed by atoms with Crippen LogP contribution in [0.3, 0.4) is 0 Å². The first-order valence-electron chi connectivity index (χ1n) is 4.73. The van der Waals surface area contributed by atoms with Crippen LogP contribution in [0.1, 0.15) is 0 Å². The number of pyridine rings is 1. The van der Waals surface area contributed by atoms with Crippen molar-refractivity contribution in [3.8, 4) is 17.0 Å². The van der Waals surface area contributed by atoms with Crippen LogP contribution in [0, 0.1) is 0 Å². The van der Waals surface area contributed by atoms with E-state index in [9.17, 15) is 4.79 Å². The zero-order valence-corrected chi connectivity index (χ0v) is 9.41. The third kappa shape index (κ3) is 2.09. The van der Waals surface area contributed by atoms with Gasteiger partial charge in [-0.1, -0.05) is 17.7 Å². The topological polar surface area (TPSA) is 42.1 Å². The van der Waals surface area contributed by atoms with Gasteiger partial charge in [-0.15, -0.1) is 0 Å². The minimum absolute atomic E-state index is 0.0392. The highest BCUT2D eigenvalue weighted by molar-refractivity contribution is 6.32. The van der Waals surface area contributed by atoms with E-state index in [1.54, 1.807) is 25.4 Å². The van der Waals surface area contributed by atoms with Crippen molar-refractivity contribution < 1.29 is 4.74 Å². The molecule has 16 heavy (non-hydrogen) atoms. The molecule has 0 saturated carbocycles. The Bertz CT molecular complexity index is 563. The zero-order chi connectivity index (χ0) is 11.5. The molecule has 1 aromatic heterocycles. The zero-order valence-electron chi connectivity index (χ0n) is 8.66. The Morgan fingerprint density at radius 1 is 1.25 bits per heavy atom. The van der Waals surface area contributed by atoms with Gasteiger partial charge in [-0.05, 0) is 12.1 Å². The predicted octanol–water partition coefficient (Wildman–Crippen LogP) is 2.70. The number of aromatic nitrogens is 1. The Morgan fingerprint density at radius 3 is 2.75 bits per heavy atom. The van der Waals surface area contributed by atoms with Crippen molar-refractivity contribution in [1.82, 2.24) is 4.98 Å². The van der Waals surface area contributed by atoms with Gasteiger partial charge < -0.3 is 9.72 Å². The second kappa shape index (κ2) is 4.41. The van der Waals surface area contributed by atoms with Gasteiger partial charge >= 0.3 is 0 Å². The Balaban J connectivity index is 2.52. The van der Waals surface area contributed by atoms with E-state index in [-0.39, 0.29) is 5.43 Å². The van der Waals surface area contributed by atoms with Gasteiger partial charge in [-0.25, -0.2) is 0 Å². The van der Waals surface area contributed by atoms with Crippen LogP contribution >= 0.6 is 11.6 Å². The first kappa shape index (κ1) is 10.8. The van der Waals surface area contributed by atoms with E-state index < -0.39 is 0 Å².